The Kier molecular flexibility index (Phi) is 5.68. The SMILES string of the molecule is COc1cc(CN(C(=O)C2CCOCC2)C2CC2)cc(OC)c1OC. The first-order chi connectivity index (χ1) is 12.2. The van der Waals surface area contributed by atoms with Crippen LogP contribution < -0.4 is 14.2 Å². The van der Waals surface area contributed by atoms with Gasteiger partial charge in [0.2, 0.25) is 11.7 Å². The fourth-order valence-electron chi connectivity index (χ4n) is 3.38. The Morgan fingerprint density at radius 1 is 1.04 bits per heavy atom. The molecule has 6 nitrogen and oxygen atoms in total. The van der Waals surface area contributed by atoms with E-state index in [0.29, 0.717) is 43.0 Å². The van der Waals surface area contributed by atoms with Gasteiger partial charge < -0.3 is 23.8 Å². The van der Waals surface area contributed by atoms with Crippen LogP contribution in [0, 0.1) is 5.92 Å². The maximum absolute atomic E-state index is 13.0. The Morgan fingerprint density at radius 3 is 2.12 bits per heavy atom. The van der Waals surface area contributed by atoms with E-state index in [1.807, 2.05) is 17.0 Å². The van der Waals surface area contributed by atoms with E-state index >= 15 is 0 Å². The quantitative estimate of drug-likeness (QED) is 0.757. The second-order valence-corrected chi connectivity index (χ2v) is 6.62. The molecule has 0 unspecified atom stereocenters. The van der Waals surface area contributed by atoms with Crippen LogP contribution in [-0.2, 0) is 16.1 Å². The molecule has 0 N–H and O–H groups in total. The molecule has 1 saturated carbocycles. The summed E-state index contributed by atoms with van der Waals surface area (Å²) >= 11 is 0. The molecule has 1 aliphatic carbocycles. The maximum Gasteiger partial charge on any atom is 0.226 e. The van der Waals surface area contributed by atoms with Crippen LogP contribution in [0.25, 0.3) is 0 Å². The molecule has 1 aromatic rings. The number of hydrogen-bond donors (Lipinski definition) is 0. The summed E-state index contributed by atoms with van der Waals surface area (Å²) in [7, 11) is 4.80. The van der Waals surface area contributed by atoms with Gasteiger partial charge in [0, 0.05) is 31.7 Å². The average molecular weight is 349 g/mol. The predicted molar refractivity (Wildman–Crippen MR) is 93.2 cm³/mol. The first-order valence-corrected chi connectivity index (χ1v) is 8.85. The Hall–Kier alpha value is -1.95. The van der Waals surface area contributed by atoms with E-state index in [4.69, 9.17) is 18.9 Å². The highest BCUT2D eigenvalue weighted by molar-refractivity contribution is 5.79. The standard InChI is InChI=1S/C19H27NO5/c1-22-16-10-13(11-17(23-2)18(16)24-3)12-20(15-4-5-15)19(21)14-6-8-25-9-7-14/h10-11,14-15H,4-9,12H2,1-3H3. The van der Waals surface area contributed by atoms with Crippen LogP contribution in [0.1, 0.15) is 31.2 Å². The molecule has 3 rings (SSSR count). The van der Waals surface area contributed by atoms with Gasteiger partial charge in [-0.2, -0.15) is 0 Å². The first-order valence-electron chi connectivity index (χ1n) is 8.85. The summed E-state index contributed by atoms with van der Waals surface area (Å²) in [5.74, 6) is 2.13. The lowest BCUT2D eigenvalue weighted by Gasteiger charge is -2.30. The van der Waals surface area contributed by atoms with E-state index < -0.39 is 0 Å². The van der Waals surface area contributed by atoms with Crippen molar-refractivity contribution in [2.24, 2.45) is 5.92 Å². The van der Waals surface area contributed by atoms with Crippen molar-refractivity contribution < 1.29 is 23.7 Å². The Bertz CT molecular complexity index is 583. The molecule has 1 heterocycles. The third-order valence-corrected chi connectivity index (χ3v) is 4.92. The van der Waals surface area contributed by atoms with Crippen molar-refractivity contribution in [1.29, 1.82) is 0 Å². The predicted octanol–water partition coefficient (Wildman–Crippen LogP) is 2.63. The van der Waals surface area contributed by atoms with Gasteiger partial charge in [-0.15, -0.1) is 0 Å². The molecular formula is C19H27NO5. The minimum absolute atomic E-state index is 0.0800. The van der Waals surface area contributed by atoms with Gasteiger partial charge >= 0.3 is 0 Å². The molecule has 0 radical (unpaired) electrons. The second-order valence-electron chi connectivity index (χ2n) is 6.62. The number of carbonyl (C=O) groups is 1. The number of carbonyl (C=O) groups excluding carboxylic acids is 1. The molecule has 138 valence electrons. The smallest absolute Gasteiger partial charge is 0.226 e. The van der Waals surface area contributed by atoms with Crippen LogP contribution in [0.3, 0.4) is 0 Å². The van der Waals surface area contributed by atoms with E-state index in [1.165, 1.54) is 0 Å². The zero-order chi connectivity index (χ0) is 17.8. The van der Waals surface area contributed by atoms with Gasteiger partial charge in [-0.05, 0) is 43.4 Å². The number of rotatable bonds is 7. The molecule has 25 heavy (non-hydrogen) atoms. The molecule has 2 aliphatic rings. The Labute approximate surface area is 149 Å². The van der Waals surface area contributed by atoms with Gasteiger partial charge in [-0.25, -0.2) is 0 Å². The number of methoxy groups -OCH3 is 3. The van der Waals surface area contributed by atoms with Gasteiger partial charge in [-0.1, -0.05) is 0 Å². The van der Waals surface area contributed by atoms with E-state index in [9.17, 15) is 4.79 Å². The third kappa shape index (κ3) is 4.00. The van der Waals surface area contributed by atoms with Gasteiger partial charge in [0.05, 0.1) is 21.3 Å². The van der Waals surface area contributed by atoms with Gasteiger partial charge in [-0.3, -0.25) is 4.79 Å². The van der Waals surface area contributed by atoms with Crippen molar-refractivity contribution in [2.45, 2.75) is 38.3 Å². The van der Waals surface area contributed by atoms with Crippen LogP contribution in [0.5, 0.6) is 17.2 Å². The maximum atomic E-state index is 13.0. The van der Waals surface area contributed by atoms with Crippen molar-refractivity contribution in [2.75, 3.05) is 34.5 Å². The van der Waals surface area contributed by atoms with Crippen LogP contribution >= 0.6 is 0 Å². The minimum atomic E-state index is 0.0800. The second kappa shape index (κ2) is 7.95. The Morgan fingerprint density at radius 2 is 1.64 bits per heavy atom. The highest BCUT2D eigenvalue weighted by Crippen LogP contribution is 2.39. The minimum Gasteiger partial charge on any atom is -0.493 e. The summed E-state index contributed by atoms with van der Waals surface area (Å²) in [6.07, 6.45) is 3.80. The lowest BCUT2D eigenvalue weighted by molar-refractivity contribution is -0.139. The van der Waals surface area contributed by atoms with Crippen LogP contribution in [0.15, 0.2) is 12.1 Å². The average Bonchev–Trinajstić information content (AvgIpc) is 3.50. The number of benzene rings is 1. The van der Waals surface area contributed by atoms with Crippen molar-refractivity contribution in [1.82, 2.24) is 4.90 Å². The van der Waals surface area contributed by atoms with Gasteiger partial charge in [0.25, 0.3) is 0 Å². The van der Waals surface area contributed by atoms with Crippen LogP contribution in [0.4, 0.5) is 0 Å². The fraction of sp³-hybridized carbons (Fsp3) is 0.632. The molecule has 1 aliphatic heterocycles. The third-order valence-electron chi connectivity index (χ3n) is 4.92. The highest BCUT2D eigenvalue weighted by atomic mass is 16.5. The Balaban J connectivity index is 1.81. The number of ether oxygens (including phenoxy) is 4. The van der Waals surface area contributed by atoms with Crippen LogP contribution in [0.2, 0.25) is 0 Å². The molecule has 0 spiro atoms. The summed E-state index contributed by atoms with van der Waals surface area (Å²) < 4.78 is 21.6. The van der Waals surface area contributed by atoms with E-state index in [0.717, 1.165) is 31.2 Å². The monoisotopic (exact) mass is 349 g/mol. The number of hydrogen-bond acceptors (Lipinski definition) is 5. The molecule has 1 aromatic carbocycles. The van der Waals surface area contributed by atoms with Crippen LogP contribution in [-0.4, -0.2) is 51.4 Å². The number of nitrogens with zero attached hydrogens (tertiary/aromatic N) is 1. The summed E-state index contributed by atoms with van der Waals surface area (Å²) in [5.41, 5.74) is 0.988. The molecule has 1 saturated heterocycles. The largest absolute Gasteiger partial charge is 0.493 e. The van der Waals surface area contributed by atoms with E-state index in [2.05, 4.69) is 0 Å². The summed E-state index contributed by atoms with van der Waals surface area (Å²) in [6.45, 7) is 1.93. The zero-order valence-electron chi connectivity index (χ0n) is 15.2. The zero-order valence-corrected chi connectivity index (χ0v) is 15.2. The van der Waals surface area contributed by atoms with Crippen molar-refractivity contribution in [3.05, 3.63) is 17.7 Å². The highest BCUT2D eigenvalue weighted by Gasteiger charge is 2.36. The van der Waals surface area contributed by atoms with Gasteiger partial charge in [0.15, 0.2) is 11.5 Å². The van der Waals surface area contributed by atoms with E-state index in [1.54, 1.807) is 21.3 Å². The summed E-state index contributed by atoms with van der Waals surface area (Å²) in [6, 6.07) is 4.21. The molecule has 0 bridgehead atoms. The molecule has 0 aromatic heterocycles. The topological polar surface area (TPSA) is 57.2 Å². The fourth-order valence-corrected chi connectivity index (χ4v) is 3.38. The normalized spacial score (nSPS) is 17.9. The molecule has 2 fully saturated rings. The summed E-state index contributed by atoms with van der Waals surface area (Å²) in [5, 5.41) is 0. The van der Waals surface area contributed by atoms with Crippen molar-refractivity contribution >= 4 is 5.91 Å². The van der Waals surface area contributed by atoms with Gasteiger partial charge in [0.1, 0.15) is 0 Å². The lowest BCUT2D eigenvalue weighted by atomic mass is 9.98. The molecule has 1 amide bonds. The summed E-state index contributed by atoms with van der Waals surface area (Å²) in [4.78, 5) is 15.0. The molecule has 0 atom stereocenters. The van der Waals surface area contributed by atoms with E-state index in [-0.39, 0.29) is 11.8 Å². The number of amides is 1. The first kappa shape index (κ1) is 17.9. The van der Waals surface area contributed by atoms with Crippen molar-refractivity contribution in [3.63, 3.8) is 0 Å². The molecule has 6 heteroatoms. The lowest BCUT2D eigenvalue weighted by Crippen LogP contribution is -2.39. The molecular weight excluding hydrogens is 322 g/mol. The van der Waals surface area contributed by atoms with Crippen molar-refractivity contribution in [3.8, 4) is 17.2 Å².